The van der Waals surface area contributed by atoms with E-state index >= 15 is 0 Å². The molecule has 0 saturated carbocycles. The number of aliphatic hydroxyl groups excluding tert-OH is 3. The molecule has 30 heavy (non-hydrogen) atoms. The number of hydrogen-bond donors (Lipinski definition) is 3. The van der Waals surface area contributed by atoms with Crippen LogP contribution in [-0.2, 0) is 15.9 Å². The summed E-state index contributed by atoms with van der Waals surface area (Å²) in [5, 5.41) is 31.0. The summed E-state index contributed by atoms with van der Waals surface area (Å²) in [4.78, 5) is 0. The zero-order valence-electron chi connectivity index (χ0n) is 16.8. The molecule has 2 aromatic carbocycles. The molecule has 0 spiro atoms. The van der Waals surface area contributed by atoms with Gasteiger partial charge in [-0.05, 0) is 48.2 Å². The predicted octanol–water partition coefficient (Wildman–Crippen LogP) is 2.64. The second-order valence-corrected chi connectivity index (χ2v) is 8.42. The molecule has 0 radical (unpaired) electrons. The molecular weight excluding hydrogens is 408 g/mol. The highest BCUT2D eigenvalue weighted by molar-refractivity contribution is 6.31. The van der Waals surface area contributed by atoms with Crippen molar-refractivity contribution in [1.29, 1.82) is 0 Å². The van der Waals surface area contributed by atoms with Gasteiger partial charge >= 0.3 is 0 Å². The summed E-state index contributed by atoms with van der Waals surface area (Å²) in [7, 11) is 0. The topological polar surface area (TPSA) is 88.4 Å². The normalized spacial score (nSPS) is 31.6. The number of ether oxygens (including phenoxy) is 3. The van der Waals surface area contributed by atoms with Crippen molar-refractivity contribution in [3.05, 3.63) is 64.2 Å². The lowest BCUT2D eigenvalue weighted by Crippen LogP contribution is -2.53. The molecule has 0 unspecified atom stereocenters. The third kappa shape index (κ3) is 4.64. The maximum atomic E-state index is 10.4. The van der Waals surface area contributed by atoms with Crippen molar-refractivity contribution in [2.75, 3.05) is 13.2 Å². The van der Waals surface area contributed by atoms with E-state index in [1.54, 1.807) is 19.1 Å². The van der Waals surface area contributed by atoms with E-state index in [4.69, 9.17) is 25.8 Å². The van der Waals surface area contributed by atoms with Gasteiger partial charge in [0.2, 0.25) is 0 Å². The molecule has 2 aliphatic heterocycles. The van der Waals surface area contributed by atoms with Gasteiger partial charge in [0.25, 0.3) is 0 Å². The van der Waals surface area contributed by atoms with Crippen LogP contribution in [0.15, 0.2) is 42.5 Å². The lowest BCUT2D eigenvalue weighted by molar-refractivity contribution is -0.219. The van der Waals surface area contributed by atoms with Crippen molar-refractivity contribution >= 4 is 11.6 Å². The SMILES string of the molecule is C[C@H]1O[C@@H](c2ccc(Cl)c(Cc3ccc(O[C@@H]4CCOC4)cc3)c2)[C@H](O)[C@H](O)[C@@H]1O. The molecule has 2 fully saturated rings. The number of aliphatic hydroxyl groups is 3. The summed E-state index contributed by atoms with van der Waals surface area (Å²) in [6.45, 7) is 3.04. The molecule has 2 heterocycles. The van der Waals surface area contributed by atoms with Crippen molar-refractivity contribution in [2.24, 2.45) is 0 Å². The molecule has 6 nitrogen and oxygen atoms in total. The van der Waals surface area contributed by atoms with Crippen molar-refractivity contribution < 1.29 is 29.5 Å². The Morgan fingerprint density at radius 2 is 1.80 bits per heavy atom. The number of hydrogen-bond acceptors (Lipinski definition) is 6. The van der Waals surface area contributed by atoms with Gasteiger partial charge in [0.15, 0.2) is 0 Å². The summed E-state index contributed by atoms with van der Waals surface area (Å²) < 4.78 is 17.0. The minimum Gasteiger partial charge on any atom is -0.488 e. The third-order valence-electron chi connectivity index (χ3n) is 5.76. The first-order chi connectivity index (χ1) is 14.4. The molecule has 0 amide bonds. The largest absolute Gasteiger partial charge is 0.488 e. The van der Waals surface area contributed by atoms with Gasteiger partial charge in [-0.25, -0.2) is 0 Å². The van der Waals surface area contributed by atoms with Crippen LogP contribution < -0.4 is 4.74 Å². The Kier molecular flexibility index (Phi) is 6.63. The van der Waals surface area contributed by atoms with Crippen LogP contribution in [0.3, 0.4) is 0 Å². The van der Waals surface area contributed by atoms with Crippen molar-refractivity contribution in [2.45, 2.75) is 56.4 Å². The molecule has 4 rings (SSSR count). The molecule has 2 aliphatic rings. The van der Waals surface area contributed by atoms with Gasteiger partial charge in [0.05, 0.1) is 19.3 Å². The van der Waals surface area contributed by atoms with E-state index in [2.05, 4.69) is 0 Å². The highest BCUT2D eigenvalue weighted by atomic mass is 35.5. The Hall–Kier alpha value is -1.67. The van der Waals surface area contributed by atoms with E-state index in [0.717, 1.165) is 29.9 Å². The lowest BCUT2D eigenvalue weighted by atomic mass is 9.90. The van der Waals surface area contributed by atoms with Crippen LogP contribution in [0.5, 0.6) is 5.75 Å². The van der Waals surface area contributed by atoms with E-state index < -0.39 is 30.5 Å². The fraction of sp³-hybridized carbons (Fsp3) is 0.478. The molecule has 0 aromatic heterocycles. The summed E-state index contributed by atoms with van der Waals surface area (Å²) in [6, 6.07) is 13.3. The van der Waals surface area contributed by atoms with Gasteiger partial charge in [-0.1, -0.05) is 35.9 Å². The van der Waals surface area contributed by atoms with Gasteiger partial charge in [-0.3, -0.25) is 0 Å². The molecule has 162 valence electrons. The summed E-state index contributed by atoms with van der Waals surface area (Å²) in [5.74, 6) is 0.814. The predicted molar refractivity (Wildman–Crippen MR) is 112 cm³/mol. The quantitative estimate of drug-likeness (QED) is 0.670. The van der Waals surface area contributed by atoms with Crippen LogP contribution in [0, 0.1) is 0 Å². The standard InChI is InChI=1S/C23H27ClO6/c1-13-20(25)21(26)22(27)23(29-13)15-4-7-19(24)16(11-15)10-14-2-5-17(6-3-14)30-18-8-9-28-12-18/h2-7,11,13,18,20-23,25-27H,8-10,12H2,1H3/t13-,18-,20-,21-,22-,23+/m1/s1. The van der Waals surface area contributed by atoms with Gasteiger partial charge in [0, 0.05) is 11.4 Å². The van der Waals surface area contributed by atoms with Crippen LogP contribution in [0.2, 0.25) is 5.02 Å². The van der Waals surface area contributed by atoms with E-state index in [1.807, 2.05) is 30.3 Å². The highest BCUT2D eigenvalue weighted by Gasteiger charge is 2.42. The van der Waals surface area contributed by atoms with Crippen LogP contribution in [0.25, 0.3) is 0 Å². The van der Waals surface area contributed by atoms with Gasteiger partial charge in [-0.15, -0.1) is 0 Å². The Morgan fingerprint density at radius 1 is 1.03 bits per heavy atom. The maximum Gasteiger partial charge on any atom is 0.124 e. The Labute approximate surface area is 181 Å². The second kappa shape index (κ2) is 9.22. The van der Waals surface area contributed by atoms with Crippen LogP contribution in [0.4, 0.5) is 0 Å². The van der Waals surface area contributed by atoms with E-state index in [1.165, 1.54) is 0 Å². The monoisotopic (exact) mass is 434 g/mol. The van der Waals surface area contributed by atoms with Gasteiger partial charge in [0.1, 0.15) is 36.3 Å². The molecule has 7 heteroatoms. The fourth-order valence-corrected chi connectivity index (χ4v) is 4.12. The minimum atomic E-state index is -1.27. The molecule has 6 atom stereocenters. The number of halogens is 1. The summed E-state index contributed by atoms with van der Waals surface area (Å²) in [5.41, 5.74) is 2.66. The van der Waals surface area contributed by atoms with Crippen molar-refractivity contribution in [1.82, 2.24) is 0 Å². The zero-order valence-corrected chi connectivity index (χ0v) is 17.5. The average molecular weight is 435 g/mol. The smallest absolute Gasteiger partial charge is 0.124 e. The van der Waals surface area contributed by atoms with Crippen LogP contribution in [-0.4, -0.2) is 59.1 Å². The number of benzene rings is 2. The minimum absolute atomic E-state index is 0.111. The molecule has 0 bridgehead atoms. The highest BCUT2D eigenvalue weighted by Crippen LogP contribution is 2.34. The van der Waals surface area contributed by atoms with E-state index in [0.29, 0.717) is 23.6 Å². The zero-order chi connectivity index (χ0) is 21.3. The number of rotatable bonds is 5. The maximum absolute atomic E-state index is 10.4. The second-order valence-electron chi connectivity index (χ2n) is 8.01. The first-order valence-electron chi connectivity index (χ1n) is 10.2. The third-order valence-corrected chi connectivity index (χ3v) is 6.13. The first kappa shape index (κ1) is 21.6. The van der Waals surface area contributed by atoms with Crippen LogP contribution >= 0.6 is 11.6 Å². The molecule has 3 N–H and O–H groups in total. The molecule has 2 aromatic rings. The Morgan fingerprint density at radius 3 is 2.50 bits per heavy atom. The average Bonchev–Trinajstić information content (AvgIpc) is 3.25. The van der Waals surface area contributed by atoms with Crippen LogP contribution in [0.1, 0.15) is 36.1 Å². The van der Waals surface area contributed by atoms with E-state index in [-0.39, 0.29) is 6.10 Å². The first-order valence-corrected chi connectivity index (χ1v) is 10.6. The van der Waals surface area contributed by atoms with Gasteiger partial charge < -0.3 is 29.5 Å². The molecular formula is C23H27ClO6. The summed E-state index contributed by atoms with van der Waals surface area (Å²) in [6.07, 6.45) is -3.33. The molecule has 0 aliphatic carbocycles. The molecule has 2 saturated heterocycles. The Balaban J connectivity index is 1.48. The van der Waals surface area contributed by atoms with Gasteiger partial charge in [-0.2, -0.15) is 0 Å². The van der Waals surface area contributed by atoms with Crippen molar-refractivity contribution in [3.63, 3.8) is 0 Å². The summed E-state index contributed by atoms with van der Waals surface area (Å²) >= 11 is 6.42. The Bertz CT molecular complexity index is 851. The lowest BCUT2D eigenvalue weighted by Gasteiger charge is -2.39. The van der Waals surface area contributed by atoms with Crippen molar-refractivity contribution in [3.8, 4) is 5.75 Å². The fourth-order valence-electron chi connectivity index (χ4n) is 3.94. The van der Waals surface area contributed by atoms with E-state index in [9.17, 15) is 15.3 Å².